The van der Waals surface area contributed by atoms with Crippen LogP contribution >= 0.6 is 27.5 Å². The first-order valence-corrected chi connectivity index (χ1v) is 8.80. The molecular formula is C19H17BrClN. The van der Waals surface area contributed by atoms with Crippen LogP contribution in [0.3, 0.4) is 0 Å². The summed E-state index contributed by atoms with van der Waals surface area (Å²) < 4.78 is 1.17. The van der Waals surface area contributed by atoms with Crippen LogP contribution in [0.2, 0.25) is 5.02 Å². The fraction of sp³-hybridized carbons (Fsp3) is 0.263. The van der Waals surface area contributed by atoms with Gasteiger partial charge < -0.3 is 5.32 Å². The van der Waals surface area contributed by atoms with E-state index >= 15 is 0 Å². The fourth-order valence-corrected chi connectivity index (χ4v) is 4.51. The largest absolute Gasteiger partial charge is 0.377 e. The Kier molecular flexibility index (Phi) is 3.54. The molecule has 0 bridgehead atoms. The molecule has 0 aromatic heterocycles. The van der Waals surface area contributed by atoms with Crippen LogP contribution in [0.5, 0.6) is 0 Å². The van der Waals surface area contributed by atoms with E-state index in [1.807, 2.05) is 6.07 Å². The van der Waals surface area contributed by atoms with Crippen LogP contribution in [0.1, 0.15) is 35.1 Å². The maximum atomic E-state index is 6.35. The first-order chi connectivity index (χ1) is 10.7. The van der Waals surface area contributed by atoms with Crippen LogP contribution in [0, 0.1) is 12.8 Å². The predicted molar refractivity (Wildman–Crippen MR) is 96.7 cm³/mol. The van der Waals surface area contributed by atoms with Crippen molar-refractivity contribution in [1.29, 1.82) is 0 Å². The van der Waals surface area contributed by atoms with Gasteiger partial charge in [-0.2, -0.15) is 0 Å². The average Bonchev–Trinajstić information content (AvgIpc) is 3.00. The molecule has 0 amide bonds. The normalized spacial score (nSPS) is 25.5. The van der Waals surface area contributed by atoms with Crippen molar-refractivity contribution in [1.82, 2.24) is 0 Å². The van der Waals surface area contributed by atoms with Gasteiger partial charge in [0.1, 0.15) is 0 Å². The fourth-order valence-electron chi connectivity index (χ4n) is 3.82. The van der Waals surface area contributed by atoms with E-state index in [0.717, 1.165) is 17.0 Å². The zero-order valence-electron chi connectivity index (χ0n) is 12.3. The number of fused-ring (bicyclic) bond motifs is 3. The summed E-state index contributed by atoms with van der Waals surface area (Å²) in [6.07, 6.45) is 5.80. The van der Waals surface area contributed by atoms with Crippen molar-refractivity contribution < 1.29 is 0 Å². The van der Waals surface area contributed by atoms with E-state index in [0.29, 0.717) is 17.9 Å². The lowest BCUT2D eigenvalue weighted by Crippen LogP contribution is -2.29. The molecule has 0 spiro atoms. The number of halogens is 2. The third kappa shape index (κ3) is 2.12. The maximum Gasteiger partial charge on any atom is 0.0565 e. The summed E-state index contributed by atoms with van der Waals surface area (Å²) in [5, 5.41) is 4.61. The van der Waals surface area contributed by atoms with Crippen LogP contribution < -0.4 is 5.32 Å². The molecule has 1 aliphatic carbocycles. The molecule has 1 N–H and O–H groups in total. The van der Waals surface area contributed by atoms with E-state index in [9.17, 15) is 0 Å². The third-order valence-electron chi connectivity index (χ3n) is 4.97. The molecule has 2 aromatic carbocycles. The molecule has 0 saturated carbocycles. The molecule has 2 unspecified atom stereocenters. The van der Waals surface area contributed by atoms with E-state index in [2.05, 4.69) is 70.7 Å². The zero-order chi connectivity index (χ0) is 15.3. The van der Waals surface area contributed by atoms with Crippen molar-refractivity contribution in [2.75, 3.05) is 5.32 Å². The van der Waals surface area contributed by atoms with Gasteiger partial charge in [0.05, 0.1) is 6.04 Å². The Morgan fingerprint density at radius 3 is 2.77 bits per heavy atom. The van der Waals surface area contributed by atoms with E-state index < -0.39 is 0 Å². The summed E-state index contributed by atoms with van der Waals surface area (Å²) in [5.74, 6) is 1.04. The van der Waals surface area contributed by atoms with Crippen molar-refractivity contribution in [2.24, 2.45) is 5.92 Å². The van der Waals surface area contributed by atoms with Crippen molar-refractivity contribution in [2.45, 2.75) is 25.3 Å². The lowest BCUT2D eigenvalue weighted by Gasteiger charge is -2.38. The van der Waals surface area contributed by atoms with Crippen molar-refractivity contribution in [3.8, 4) is 0 Å². The van der Waals surface area contributed by atoms with Crippen molar-refractivity contribution in [3.05, 3.63) is 74.7 Å². The molecule has 0 saturated heterocycles. The Labute approximate surface area is 144 Å². The highest BCUT2D eigenvalue weighted by atomic mass is 79.9. The minimum Gasteiger partial charge on any atom is -0.377 e. The number of allylic oxidation sites excluding steroid dienone is 2. The Hall–Kier alpha value is -1.25. The topological polar surface area (TPSA) is 12.0 Å². The van der Waals surface area contributed by atoms with Gasteiger partial charge in [-0.15, -0.1) is 0 Å². The summed E-state index contributed by atoms with van der Waals surface area (Å²) in [5.41, 5.74) is 5.06. The van der Waals surface area contributed by atoms with Gasteiger partial charge in [-0.1, -0.05) is 63.9 Å². The van der Waals surface area contributed by atoms with E-state index in [1.54, 1.807) is 0 Å². The molecule has 3 atom stereocenters. The number of nitrogens with one attached hydrogen (secondary N) is 1. The molecule has 0 radical (unpaired) electrons. The lowest BCUT2D eigenvalue weighted by molar-refractivity contribution is 0.424. The van der Waals surface area contributed by atoms with E-state index in [-0.39, 0.29) is 0 Å². The first kappa shape index (κ1) is 14.3. The quantitative estimate of drug-likeness (QED) is 0.583. The monoisotopic (exact) mass is 373 g/mol. The molecule has 112 valence electrons. The maximum absolute atomic E-state index is 6.35. The lowest BCUT2D eigenvalue weighted by atomic mass is 9.76. The number of rotatable bonds is 1. The van der Waals surface area contributed by atoms with Crippen molar-refractivity contribution >= 4 is 33.2 Å². The standard InChI is InChI=1S/C19H17BrClN/c1-11-17(21)10-9-14-12-6-4-7-13(12)19(22-18(11)14)15-5-2-3-8-16(15)20/h2-6,8-10,12-13,19,22H,7H2,1H3/t12?,13?,19-/m0/s1. The molecule has 0 fully saturated rings. The van der Waals surface area contributed by atoms with Crippen LogP contribution in [-0.2, 0) is 0 Å². The van der Waals surface area contributed by atoms with E-state index in [1.165, 1.54) is 21.3 Å². The molecule has 1 nitrogen and oxygen atoms in total. The van der Waals surface area contributed by atoms with Crippen LogP contribution in [0.25, 0.3) is 0 Å². The summed E-state index contributed by atoms with van der Waals surface area (Å²) in [6.45, 7) is 2.10. The van der Waals surface area contributed by atoms with Gasteiger partial charge in [0.25, 0.3) is 0 Å². The van der Waals surface area contributed by atoms with Gasteiger partial charge in [-0.05, 0) is 48.1 Å². The minimum absolute atomic E-state index is 0.306. The van der Waals surface area contributed by atoms with Crippen LogP contribution in [0.4, 0.5) is 5.69 Å². The first-order valence-electron chi connectivity index (χ1n) is 7.63. The molecule has 2 aromatic rings. The van der Waals surface area contributed by atoms with Crippen molar-refractivity contribution in [3.63, 3.8) is 0 Å². The van der Waals surface area contributed by atoms with Gasteiger partial charge in [0.2, 0.25) is 0 Å². The highest BCUT2D eigenvalue weighted by Gasteiger charge is 2.39. The highest BCUT2D eigenvalue weighted by molar-refractivity contribution is 9.10. The van der Waals surface area contributed by atoms with E-state index in [4.69, 9.17) is 11.6 Å². The Morgan fingerprint density at radius 2 is 1.95 bits per heavy atom. The van der Waals surface area contributed by atoms with Gasteiger partial charge in [0.15, 0.2) is 0 Å². The van der Waals surface area contributed by atoms with Crippen LogP contribution in [0.15, 0.2) is 53.0 Å². The second kappa shape index (κ2) is 5.43. The Morgan fingerprint density at radius 1 is 1.14 bits per heavy atom. The van der Waals surface area contributed by atoms with Crippen LogP contribution in [-0.4, -0.2) is 0 Å². The zero-order valence-corrected chi connectivity index (χ0v) is 14.7. The number of benzene rings is 2. The third-order valence-corrected chi connectivity index (χ3v) is 6.10. The smallest absolute Gasteiger partial charge is 0.0565 e. The molecule has 2 aliphatic rings. The number of hydrogen-bond acceptors (Lipinski definition) is 1. The van der Waals surface area contributed by atoms with Gasteiger partial charge in [0, 0.05) is 21.1 Å². The number of hydrogen-bond donors (Lipinski definition) is 1. The SMILES string of the molecule is Cc1c(Cl)ccc2c1N[C@H](c1ccccc1Br)C1CC=CC21. The Bertz CT molecular complexity index is 768. The second-order valence-electron chi connectivity index (χ2n) is 6.13. The summed E-state index contributed by atoms with van der Waals surface area (Å²) in [6, 6.07) is 13.0. The molecule has 1 aliphatic heterocycles. The molecule has 1 heterocycles. The molecule has 3 heteroatoms. The average molecular weight is 375 g/mol. The van der Waals surface area contributed by atoms with Gasteiger partial charge in [-0.3, -0.25) is 0 Å². The second-order valence-corrected chi connectivity index (χ2v) is 7.40. The Balaban J connectivity index is 1.87. The highest BCUT2D eigenvalue weighted by Crippen LogP contribution is 2.52. The number of anilines is 1. The predicted octanol–water partition coefficient (Wildman–Crippen LogP) is 6.24. The van der Waals surface area contributed by atoms with Gasteiger partial charge >= 0.3 is 0 Å². The summed E-state index contributed by atoms with van der Waals surface area (Å²) in [7, 11) is 0. The molecule has 4 rings (SSSR count). The summed E-state index contributed by atoms with van der Waals surface area (Å²) in [4.78, 5) is 0. The minimum atomic E-state index is 0.306. The molecule has 22 heavy (non-hydrogen) atoms. The van der Waals surface area contributed by atoms with Gasteiger partial charge in [-0.25, -0.2) is 0 Å². The molecular weight excluding hydrogens is 358 g/mol. The summed E-state index contributed by atoms with van der Waals surface area (Å²) >= 11 is 10.1.